The molecule has 1 amide bonds. The molecule has 88 valence electrons. The number of nitrogens with one attached hydrogen (secondary N) is 1. The molecule has 4 nitrogen and oxygen atoms in total. The van der Waals surface area contributed by atoms with Gasteiger partial charge in [-0.1, -0.05) is 6.07 Å². The molecule has 0 radical (unpaired) electrons. The number of amides is 1. The molecule has 0 fully saturated rings. The van der Waals surface area contributed by atoms with Crippen LogP contribution in [0, 0.1) is 0 Å². The van der Waals surface area contributed by atoms with E-state index in [9.17, 15) is 9.90 Å². The van der Waals surface area contributed by atoms with Crippen LogP contribution in [0.15, 0.2) is 29.2 Å². The molecule has 0 heterocycles. The lowest BCUT2D eigenvalue weighted by molar-refractivity contribution is 0.0610. The Hall–Kier alpha value is -1.04. The first kappa shape index (κ1) is 13.0. The minimum absolute atomic E-state index is 0.170. The number of thiol groups is 1. The maximum atomic E-state index is 11.6. The second-order valence-corrected chi connectivity index (χ2v) is 3.89. The van der Waals surface area contributed by atoms with E-state index >= 15 is 0 Å². The smallest absolute Gasteiger partial charge is 0.251 e. The van der Waals surface area contributed by atoms with Crippen molar-refractivity contribution in [3.8, 4) is 0 Å². The lowest BCUT2D eigenvalue weighted by Gasteiger charge is -2.10. The molecule has 1 atom stereocenters. The average Bonchev–Trinajstić information content (AvgIpc) is 2.26. The van der Waals surface area contributed by atoms with Crippen LogP contribution in [0.5, 0.6) is 0 Å². The molecule has 0 aliphatic carbocycles. The number of hydrogen-bond acceptors (Lipinski definition) is 4. The summed E-state index contributed by atoms with van der Waals surface area (Å²) in [5, 5.41) is 12.0. The molecule has 0 spiro atoms. The fraction of sp³-hybridized carbons (Fsp3) is 0.364. The molecule has 1 unspecified atom stereocenters. The van der Waals surface area contributed by atoms with Crippen molar-refractivity contribution in [1.82, 2.24) is 5.32 Å². The molecule has 0 aliphatic rings. The second-order valence-electron chi connectivity index (χ2n) is 3.37. The van der Waals surface area contributed by atoms with E-state index in [0.717, 1.165) is 4.90 Å². The normalized spacial score (nSPS) is 12.2. The molecule has 5 heteroatoms. The highest BCUT2D eigenvalue weighted by atomic mass is 32.1. The Morgan fingerprint density at radius 3 is 3.00 bits per heavy atom. The summed E-state index contributed by atoms with van der Waals surface area (Å²) in [7, 11) is 1.50. The molecule has 0 saturated heterocycles. The third-order valence-corrected chi connectivity index (χ3v) is 2.24. The zero-order valence-electron chi connectivity index (χ0n) is 9.01. The highest BCUT2D eigenvalue weighted by Crippen LogP contribution is 2.08. The van der Waals surface area contributed by atoms with Gasteiger partial charge >= 0.3 is 0 Å². The van der Waals surface area contributed by atoms with Crippen molar-refractivity contribution in [2.45, 2.75) is 11.0 Å². The Balaban J connectivity index is 2.47. The van der Waals surface area contributed by atoms with Gasteiger partial charge in [-0.3, -0.25) is 4.79 Å². The molecule has 1 aromatic carbocycles. The van der Waals surface area contributed by atoms with E-state index in [1.54, 1.807) is 24.3 Å². The summed E-state index contributed by atoms with van der Waals surface area (Å²) in [6, 6.07) is 6.90. The van der Waals surface area contributed by atoms with Crippen LogP contribution in [0.4, 0.5) is 0 Å². The van der Waals surface area contributed by atoms with Gasteiger partial charge in [0.15, 0.2) is 0 Å². The molecule has 0 aromatic heterocycles. The Kier molecular flexibility index (Phi) is 5.31. The summed E-state index contributed by atoms with van der Waals surface area (Å²) in [5.41, 5.74) is 0.525. The van der Waals surface area contributed by atoms with Gasteiger partial charge in [-0.25, -0.2) is 0 Å². The first-order chi connectivity index (χ1) is 7.63. The number of rotatable bonds is 5. The third kappa shape index (κ3) is 4.22. The summed E-state index contributed by atoms with van der Waals surface area (Å²) in [6.07, 6.45) is -0.687. The van der Waals surface area contributed by atoms with E-state index < -0.39 is 6.10 Å². The number of ether oxygens (including phenoxy) is 1. The number of carbonyl (C=O) groups is 1. The molecule has 2 N–H and O–H groups in total. The van der Waals surface area contributed by atoms with Gasteiger partial charge in [-0.2, -0.15) is 0 Å². The van der Waals surface area contributed by atoms with Gasteiger partial charge < -0.3 is 15.2 Å². The van der Waals surface area contributed by atoms with E-state index in [1.165, 1.54) is 7.11 Å². The minimum atomic E-state index is -0.687. The van der Waals surface area contributed by atoms with E-state index in [4.69, 9.17) is 4.74 Å². The van der Waals surface area contributed by atoms with Crippen LogP contribution >= 0.6 is 12.6 Å². The predicted molar refractivity (Wildman–Crippen MR) is 63.9 cm³/mol. The molecule has 0 saturated carbocycles. The monoisotopic (exact) mass is 241 g/mol. The van der Waals surface area contributed by atoms with Crippen molar-refractivity contribution < 1.29 is 14.6 Å². The van der Waals surface area contributed by atoms with Crippen LogP contribution < -0.4 is 5.32 Å². The van der Waals surface area contributed by atoms with E-state index in [-0.39, 0.29) is 19.1 Å². The zero-order valence-corrected chi connectivity index (χ0v) is 9.91. The Labute approximate surface area is 100 Å². The van der Waals surface area contributed by atoms with Crippen LogP contribution in [0.25, 0.3) is 0 Å². The summed E-state index contributed by atoms with van der Waals surface area (Å²) in [4.78, 5) is 12.3. The van der Waals surface area contributed by atoms with Gasteiger partial charge in [0.1, 0.15) is 0 Å². The highest BCUT2D eigenvalue weighted by molar-refractivity contribution is 7.80. The quantitative estimate of drug-likeness (QED) is 0.666. The molecular weight excluding hydrogens is 226 g/mol. The van der Waals surface area contributed by atoms with Gasteiger partial charge in [0.25, 0.3) is 5.91 Å². The van der Waals surface area contributed by atoms with Crippen molar-refractivity contribution in [1.29, 1.82) is 0 Å². The summed E-state index contributed by atoms with van der Waals surface area (Å²) < 4.78 is 4.75. The molecule has 16 heavy (non-hydrogen) atoms. The van der Waals surface area contributed by atoms with Gasteiger partial charge in [0.2, 0.25) is 0 Å². The van der Waals surface area contributed by atoms with E-state index in [1.807, 2.05) is 0 Å². The fourth-order valence-corrected chi connectivity index (χ4v) is 1.44. The molecular formula is C11H15NO3S. The molecule has 0 bridgehead atoms. The molecule has 1 aromatic rings. The maximum Gasteiger partial charge on any atom is 0.251 e. The van der Waals surface area contributed by atoms with Crippen molar-refractivity contribution in [3.05, 3.63) is 29.8 Å². The van der Waals surface area contributed by atoms with Crippen LogP contribution in [-0.4, -0.2) is 37.4 Å². The van der Waals surface area contributed by atoms with E-state index in [0.29, 0.717) is 5.56 Å². The maximum absolute atomic E-state index is 11.6. The molecule has 0 aliphatic heterocycles. The standard InChI is InChI=1S/C11H15NO3S/c1-15-7-9(13)6-12-11(14)8-3-2-4-10(16)5-8/h2-5,9,13,16H,6-7H2,1H3,(H,12,14). The third-order valence-electron chi connectivity index (χ3n) is 1.97. The number of aliphatic hydroxyl groups is 1. The van der Waals surface area contributed by atoms with Gasteiger partial charge in [0.05, 0.1) is 12.7 Å². The summed E-state index contributed by atoms with van der Waals surface area (Å²) in [6.45, 7) is 0.371. The van der Waals surface area contributed by atoms with Crippen molar-refractivity contribution in [2.24, 2.45) is 0 Å². The number of carbonyl (C=O) groups excluding carboxylic acids is 1. The van der Waals surface area contributed by atoms with Gasteiger partial charge in [0, 0.05) is 24.1 Å². The average molecular weight is 241 g/mol. The number of aliphatic hydroxyl groups excluding tert-OH is 1. The highest BCUT2D eigenvalue weighted by Gasteiger charge is 2.08. The van der Waals surface area contributed by atoms with E-state index in [2.05, 4.69) is 17.9 Å². The van der Waals surface area contributed by atoms with Crippen molar-refractivity contribution in [2.75, 3.05) is 20.3 Å². The number of hydrogen-bond donors (Lipinski definition) is 3. The summed E-state index contributed by atoms with van der Waals surface area (Å²) >= 11 is 4.14. The predicted octanol–water partition coefficient (Wildman–Crippen LogP) is 0.712. The Bertz CT molecular complexity index is 357. The second kappa shape index (κ2) is 6.52. The Morgan fingerprint density at radius 1 is 1.62 bits per heavy atom. The summed E-state index contributed by atoms with van der Waals surface area (Å²) in [5.74, 6) is -0.231. The SMILES string of the molecule is COCC(O)CNC(=O)c1cccc(S)c1. The minimum Gasteiger partial charge on any atom is -0.389 e. The first-order valence-corrected chi connectivity index (χ1v) is 5.32. The number of methoxy groups -OCH3 is 1. The van der Waals surface area contributed by atoms with Crippen molar-refractivity contribution in [3.63, 3.8) is 0 Å². The van der Waals surface area contributed by atoms with Crippen molar-refractivity contribution >= 4 is 18.5 Å². The lowest BCUT2D eigenvalue weighted by Crippen LogP contribution is -2.34. The topological polar surface area (TPSA) is 58.6 Å². The van der Waals surface area contributed by atoms with Crippen LogP contribution in [0.1, 0.15) is 10.4 Å². The van der Waals surface area contributed by atoms with Gasteiger partial charge in [-0.05, 0) is 18.2 Å². The first-order valence-electron chi connectivity index (χ1n) is 4.87. The zero-order chi connectivity index (χ0) is 12.0. The lowest BCUT2D eigenvalue weighted by atomic mass is 10.2. The van der Waals surface area contributed by atoms with Crippen LogP contribution in [0.3, 0.4) is 0 Å². The largest absolute Gasteiger partial charge is 0.389 e. The Morgan fingerprint density at radius 2 is 2.38 bits per heavy atom. The molecule has 1 rings (SSSR count). The van der Waals surface area contributed by atoms with Crippen LogP contribution in [-0.2, 0) is 4.74 Å². The number of benzene rings is 1. The fourth-order valence-electron chi connectivity index (χ4n) is 1.21. The van der Waals surface area contributed by atoms with Crippen LogP contribution in [0.2, 0.25) is 0 Å². The van der Waals surface area contributed by atoms with Gasteiger partial charge in [-0.15, -0.1) is 12.6 Å².